The first-order valence-corrected chi connectivity index (χ1v) is 8.62. The van der Waals surface area contributed by atoms with E-state index in [1.54, 1.807) is 18.2 Å². The Labute approximate surface area is 152 Å². The van der Waals surface area contributed by atoms with E-state index in [-0.39, 0.29) is 11.7 Å². The Bertz CT molecular complexity index is 872. The summed E-state index contributed by atoms with van der Waals surface area (Å²) in [6.45, 7) is 4.66. The largest absolute Gasteiger partial charge is 0.493 e. The molecule has 2 aromatic carbocycles. The second-order valence-corrected chi connectivity index (χ2v) is 5.98. The van der Waals surface area contributed by atoms with Crippen molar-refractivity contribution in [1.29, 1.82) is 0 Å². The Morgan fingerprint density at radius 2 is 1.88 bits per heavy atom. The number of carbonyl (C=O) groups is 1. The third-order valence-electron chi connectivity index (χ3n) is 3.93. The molecule has 0 aliphatic heterocycles. The minimum absolute atomic E-state index is 0.280. The van der Waals surface area contributed by atoms with Crippen LogP contribution in [0.4, 0.5) is 5.82 Å². The normalized spacial score (nSPS) is 10.5. The van der Waals surface area contributed by atoms with Gasteiger partial charge in [0, 0.05) is 5.56 Å². The van der Waals surface area contributed by atoms with E-state index in [4.69, 9.17) is 9.37 Å². The van der Waals surface area contributed by atoms with E-state index in [2.05, 4.69) is 22.6 Å². The molecule has 6 nitrogen and oxygen atoms in total. The molecule has 1 amide bonds. The number of nitrogens with zero attached hydrogens (tertiary/aromatic N) is 2. The summed E-state index contributed by atoms with van der Waals surface area (Å²) in [6.07, 6.45) is 1.96. The maximum Gasteiger partial charge on any atom is 0.260 e. The number of ether oxygens (including phenoxy) is 1. The maximum absolute atomic E-state index is 12.7. The second kappa shape index (κ2) is 8.29. The molecule has 0 bridgehead atoms. The van der Waals surface area contributed by atoms with Crippen molar-refractivity contribution in [3.63, 3.8) is 0 Å². The molecule has 0 radical (unpaired) electrons. The van der Waals surface area contributed by atoms with Crippen molar-refractivity contribution < 1.29 is 14.2 Å². The third-order valence-corrected chi connectivity index (χ3v) is 3.93. The second-order valence-electron chi connectivity index (χ2n) is 5.98. The van der Waals surface area contributed by atoms with Gasteiger partial charge in [0.1, 0.15) is 5.75 Å². The van der Waals surface area contributed by atoms with Crippen LogP contribution >= 0.6 is 0 Å². The van der Waals surface area contributed by atoms with Crippen LogP contribution in [0, 0.1) is 6.92 Å². The van der Waals surface area contributed by atoms with E-state index in [1.165, 1.54) is 0 Å². The lowest BCUT2D eigenvalue weighted by Crippen LogP contribution is -2.14. The van der Waals surface area contributed by atoms with E-state index in [1.807, 2.05) is 37.3 Å². The summed E-state index contributed by atoms with van der Waals surface area (Å²) in [7, 11) is 0. The number of carbonyl (C=O) groups excluding carboxylic acids is 1. The molecule has 26 heavy (non-hydrogen) atoms. The summed E-state index contributed by atoms with van der Waals surface area (Å²) < 4.78 is 10.6. The van der Waals surface area contributed by atoms with Gasteiger partial charge in [-0.05, 0) is 35.8 Å². The monoisotopic (exact) mass is 351 g/mol. The first-order valence-electron chi connectivity index (χ1n) is 8.62. The SMILES string of the molecule is CCCCOc1ccccc1C(=O)Nc1nonc1-c1ccc(C)cc1. The van der Waals surface area contributed by atoms with Crippen molar-refractivity contribution >= 4 is 11.7 Å². The topological polar surface area (TPSA) is 77.2 Å². The zero-order valence-electron chi connectivity index (χ0n) is 14.9. The molecule has 134 valence electrons. The Morgan fingerprint density at radius 1 is 1.12 bits per heavy atom. The lowest BCUT2D eigenvalue weighted by Gasteiger charge is -2.10. The van der Waals surface area contributed by atoms with E-state index in [0.717, 1.165) is 24.0 Å². The highest BCUT2D eigenvalue weighted by Crippen LogP contribution is 2.26. The summed E-state index contributed by atoms with van der Waals surface area (Å²) >= 11 is 0. The summed E-state index contributed by atoms with van der Waals surface area (Å²) in [4.78, 5) is 12.7. The molecule has 0 spiro atoms. The van der Waals surface area contributed by atoms with Crippen molar-refractivity contribution in [2.24, 2.45) is 0 Å². The average molecular weight is 351 g/mol. The lowest BCUT2D eigenvalue weighted by molar-refractivity contribution is 0.102. The van der Waals surface area contributed by atoms with Gasteiger partial charge in [-0.15, -0.1) is 0 Å². The number of aromatic nitrogens is 2. The van der Waals surface area contributed by atoms with E-state index in [9.17, 15) is 4.79 Å². The fourth-order valence-corrected chi connectivity index (χ4v) is 2.45. The van der Waals surface area contributed by atoms with Gasteiger partial charge in [-0.25, -0.2) is 4.63 Å². The Balaban J connectivity index is 1.79. The van der Waals surface area contributed by atoms with Crippen LogP contribution in [0.15, 0.2) is 53.2 Å². The number of hydrogen-bond donors (Lipinski definition) is 1. The van der Waals surface area contributed by atoms with Gasteiger partial charge in [0.25, 0.3) is 5.91 Å². The highest BCUT2D eigenvalue weighted by Gasteiger charge is 2.18. The highest BCUT2D eigenvalue weighted by molar-refractivity contribution is 6.07. The first kappa shape index (κ1) is 17.7. The molecule has 3 aromatic rings. The van der Waals surface area contributed by atoms with Crippen LogP contribution in [0.25, 0.3) is 11.3 Å². The fourth-order valence-electron chi connectivity index (χ4n) is 2.45. The first-order chi connectivity index (χ1) is 12.7. The molecule has 0 saturated heterocycles. The number of hydrogen-bond acceptors (Lipinski definition) is 5. The molecule has 1 N–H and O–H groups in total. The van der Waals surface area contributed by atoms with E-state index >= 15 is 0 Å². The predicted molar refractivity (Wildman–Crippen MR) is 99.3 cm³/mol. The van der Waals surface area contributed by atoms with Crippen LogP contribution in [0.1, 0.15) is 35.7 Å². The van der Waals surface area contributed by atoms with Crippen molar-refractivity contribution in [3.8, 4) is 17.0 Å². The molecular weight excluding hydrogens is 330 g/mol. The minimum atomic E-state index is -0.318. The maximum atomic E-state index is 12.7. The number of rotatable bonds is 7. The number of unbranched alkanes of at least 4 members (excludes halogenated alkanes) is 1. The van der Waals surface area contributed by atoms with Crippen molar-refractivity contribution in [1.82, 2.24) is 10.3 Å². The summed E-state index contributed by atoms with van der Waals surface area (Å²) in [5.74, 6) is 0.509. The standard InChI is InChI=1S/C20H21N3O3/c1-3-4-13-25-17-8-6-5-7-16(17)20(24)21-19-18(22-26-23-19)15-11-9-14(2)10-12-15/h5-12H,3-4,13H2,1-2H3,(H,21,23,24). The molecule has 1 heterocycles. The molecule has 0 aliphatic rings. The predicted octanol–water partition coefficient (Wildman–Crippen LogP) is 4.48. The van der Waals surface area contributed by atoms with Crippen LogP contribution in [-0.4, -0.2) is 22.8 Å². The van der Waals surface area contributed by atoms with Gasteiger partial charge in [-0.1, -0.05) is 55.3 Å². The number of benzene rings is 2. The molecule has 0 fully saturated rings. The fraction of sp³-hybridized carbons (Fsp3) is 0.250. The highest BCUT2D eigenvalue weighted by atomic mass is 16.6. The van der Waals surface area contributed by atoms with Gasteiger partial charge in [0.2, 0.25) is 5.82 Å². The molecule has 0 unspecified atom stereocenters. The summed E-state index contributed by atoms with van der Waals surface area (Å²) in [5, 5.41) is 10.5. The van der Waals surface area contributed by atoms with E-state index < -0.39 is 0 Å². The Hall–Kier alpha value is -3.15. The molecule has 3 rings (SSSR count). The molecule has 6 heteroatoms. The number of aryl methyl sites for hydroxylation is 1. The zero-order chi connectivity index (χ0) is 18.4. The molecule has 0 atom stereocenters. The van der Waals surface area contributed by atoms with Gasteiger partial charge >= 0.3 is 0 Å². The number of para-hydroxylation sites is 1. The van der Waals surface area contributed by atoms with Crippen molar-refractivity contribution in [2.75, 3.05) is 11.9 Å². The quantitative estimate of drug-likeness (QED) is 0.635. The number of anilines is 1. The number of amides is 1. The van der Waals surface area contributed by atoms with Crippen LogP contribution in [0.2, 0.25) is 0 Å². The Kier molecular flexibility index (Phi) is 5.63. The number of nitrogens with one attached hydrogen (secondary N) is 1. The van der Waals surface area contributed by atoms with Crippen molar-refractivity contribution in [3.05, 3.63) is 59.7 Å². The average Bonchev–Trinajstić information content (AvgIpc) is 3.11. The lowest BCUT2D eigenvalue weighted by atomic mass is 10.1. The smallest absolute Gasteiger partial charge is 0.260 e. The molecule has 0 saturated carbocycles. The van der Waals surface area contributed by atoms with Gasteiger partial charge < -0.3 is 10.1 Å². The van der Waals surface area contributed by atoms with Gasteiger partial charge in [-0.3, -0.25) is 4.79 Å². The van der Waals surface area contributed by atoms with Crippen LogP contribution in [-0.2, 0) is 0 Å². The molecular formula is C20H21N3O3. The van der Waals surface area contributed by atoms with Crippen molar-refractivity contribution in [2.45, 2.75) is 26.7 Å². The summed E-state index contributed by atoms with van der Waals surface area (Å²) in [6, 6.07) is 14.9. The minimum Gasteiger partial charge on any atom is -0.493 e. The summed E-state index contributed by atoms with van der Waals surface area (Å²) in [5.41, 5.74) is 2.89. The third kappa shape index (κ3) is 4.08. The van der Waals surface area contributed by atoms with Crippen LogP contribution in [0.3, 0.4) is 0 Å². The van der Waals surface area contributed by atoms with Gasteiger partial charge in [0.15, 0.2) is 5.69 Å². The van der Waals surface area contributed by atoms with E-state index in [0.29, 0.717) is 23.6 Å². The Morgan fingerprint density at radius 3 is 2.65 bits per heavy atom. The van der Waals surface area contributed by atoms with Crippen LogP contribution < -0.4 is 10.1 Å². The van der Waals surface area contributed by atoms with Gasteiger partial charge in [-0.2, -0.15) is 0 Å². The zero-order valence-corrected chi connectivity index (χ0v) is 14.9. The van der Waals surface area contributed by atoms with Crippen LogP contribution in [0.5, 0.6) is 5.75 Å². The molecule has 0 aliphatic carbocycles. The molecule has 1 aromatic heterocycles. The van der Waals surface area contributed by atoms with Gasteiger partial charge in [0.05, 0.1) is 12.2 Å².